The Bertz CT molecular complexity index is 2560. The van der Waals surface area contributed by atoms with E-state index < -0.39 is 0 Å². The molecule has 0 saturated heterocycles. The summed E-state index contributed by atoms with van der Waals surface area (Å²) in [6.07, 6.45) is 0. The molecule has 0 spiro atoms. The van der Waals surface area contributed by atoms with Gasteiger partial charge in [-0.2, -0.15) is 0 Å². The lowest BCUT2D eigenvalue weighted by Crippen LogP contribution is -2.05. The van der Waals surface area contributed by atoms with Gasteiger partial charge in [-0.1, -0.05) is 48.0 Å². The van der Waals surface area contributed by atoms with Gasteiger partial charge in [-0.25, -0.2) is 19.9 Å². The minimum absolute atomic E-state index is 0.320. The number of fused-ring (bicyclic) bond motifs is 2. The second-order valence-corrected chi connectivity index (χ2v) is 12.5. The number of methoxy groups -OCH3 is 2. The number of nitrogens with one attached hydrogen (secondary N) is 1. The largest absolute Gasteiger partial charge is 0.496 e. The van der Waals surface area contributed by atoms with E-state index in [2.05, 4.69) is 35.7 Å². The third kappa shape index (κ3) is 9.36. The van der Waals surface area contributed by atoms with Gasteiger partial charge < -0.3 is 29.4 Å². The molecule has 14 nitrogen and oxygen atoms in total. The summed E-state index contributed by atoms with van der Waals surface area (Å²) in [7, 11) is 3.27. The molecule has 0 radical (unpaired) electrons. The number of hydrogen-bond acceptors (Lipinski definition) is 14. The molecule has 280 valence electrons. The van der Waals surface area contributed by atoms with Crippen LogP contribution in [0.5, 0.6) is 11.5 Å². The molecule has 0 amide bonds. The number of benzene rings is 4. The van der Waals surface area contributed by atoms with Crippen molar-refractivity contribution in [2.24, 2.45) is 5.73 Å². The summed E-state index contributed by atoms with van der Waals surface area (Å²) >= 11 is 6.27. The average Bonchev–Trinajstić information content (AvgIpc) is 3.83. The van der Waals surface area contributed by atoms with Gasteiger partial charge in [0.2, 0.25) is 23.6 Å². The van der Waals surface area contributed by atoms with Crippen LogP contribution in [0.1, 0.15) is 34.7 Å². The molecule has 55 heavy (non-hydrogen) atoms. The van der Waals surface area contributed by atoms with Gasteiger partial charge in [0.05, 0.1) is 49.5 Å². The summed E-state index contributed by atoms with van der Waals surface area (Å²) in [5.41, 5.74) is 10.8. The number of nitrogens with two attached hydrogens (primary N) is 1. The van der Waals surface area contributed by atoms with E-state index in [4.69, 9.17) is 45.6 Å². The summed E-state index contributed by atoms with van der Waals surface area (Å²) in [4.78, 5) is 18.5. The molecule has 4 heterocycles. The molecule has 0 saturated carbocycles. The van der Waals surface area contributed by atoms with E-state index in [1.54, 1.807) is 28.1 Å². The van der Waals surface area contributed by atoms with Crippen LogP contribution in [0, 0.1) is 27.7 Å². The normalized spacial score (nSPS) is 10.7. The Kier molecular flexibility index (Phi) is 12.2. The number of para-hydroxylation sites is 2. The highest BCUT2D eigenvalue weighted by molar-refractivity contribution is 6.34. The number of halogens is 1. The summed E-state index contributed by atoms with van der Waals surface area (Å²) in [6.45, 7) is 8.26. The first-order valence-electron chi connectivity index (χ1n) is 17.2. The summed E-state index contributed by atoms with van der Waals surface area (Å²) in [5.74, 6) is 5.42. The van der Waals surface area contributed by atoms with Gasteiger partial charge in [0.1, 0.15) is 22.5 Å². The predicted molar refractivity (Wildman–Crippen MR) is 211 cm³/mol. The molecular weight excluding hydrogens is 720 g/mol. The Morgan fingerprint density at radius 2 is 1.13 bits per heavy atom. The van der Waals surface area contributed by atoms with E-state index in [-0.39, 0.29) is 0 Å². The van der Waals surface area contributed by atoms with Crippen LogP contribution in [0.15, 0.2) is 93.8 Å². The van der Waals surface area contributed by atoms with Crippen LogP contribution in [0.3, 0.4) is 0 Å². The second-order valence-electron chi connectivity index (χ2n) is 12.2. The van der Waals surface area contributed by atoms with Gasteiger partial charge in [-0.05, 0) is 73.5 Å². The van der Waals surface area contributed by atoms with Crippen molar-refractivity contribution in [3.05, 3.63) is 125 Å². The number of hydrogen-bond donors (Lipinski definition) is 2. The van der Waals surface area contributed by atoms with Gasteiger partial charge in [-0.3, -0.25) is 0 Å². The van der Waals surface area contributed by atoms with Gasteiger partial charge >= 0.3 is 0 Å². The Morgan fingerprint density at radius 1 is 0.618 bits per heavy atom. The number of aromatic nitrogens is 8. The van der Waals surface area contributed by atoms with E-state index in [1.165, 1.54) is 0 Å². The van der Waals surface area contributed by atoms with Crippen LogP contribution < -0.4 is 20.5 Å². The molecule has 8 rings (SSSR count). The molecular formula is C40H39ClN10O4. The molecule has 0 aliphatic carbocycles. The van der Waals surface area contributed by atoms with Crippen LogP contribution in [0.4, 0.5) is 5.82 Å². The van der Waals surface area contributed by atoms with Gasteiger partial charge in [-0.15, -0.1) is 20.4 Å². The molecule has 0 unspecified atom stereocenters. The Labute approximate surface area is 322 Å². The van der Waals surface area contributed by atoms with E-state index in [9.17, 15) is 0 Å². The molecule has 15 heteroatoms. The second kappa shape index (κ2) is 17.5. The SMILES string of the molecule is COc1ccccc1-c1nc(Cl)c2ccc(C)cc2n1.COc1ccccc1-c1nc(NCc2nnc(C)o2)c2ccc(C)cc2n1.Cc1nnc(CN)o1. The van der Waals surface area contributed by atoms with E-state index in [0.717, 1.165) is 55.6 Å². The van der Waals surface area contributed by atoms with Crippen LogP contribution in [0.25, 0.3) is 44.6 Å². The first-order chi connectivity index (χ1) is 26.6. The highest BCUT2D eigenvalue weighted by Gasteiger charge is 2.15. The lowest BCUT2D eigenvalue weighted by Gasteiger charge is -2.12. The maximum absolute atomic E-state index is 6.27. The van der Waals surface area contributed by atoms with Crippen molar-refractivity contribution in [2.75, 3.05) is 19.5 Å². The molecule has 3 N–H and O–H groups in total. The Hall–Kier alpha value is -6.51. The molecule has 0 atom stereocenters. The summed E-state index contributed by atoms with van der Waals surface area (Å²) in [6, 6.07) is 27.4. The molecule has 8 aromatic rings. The maximum Gasteiger partial charge on any atom is 0.235 e. The molecule has 0 fully saturated rings. The van der Waals surface area contributed by atoms with Crippen LogP contribution >= 0.6 is 11.6 Å². The topological polar surface area (TPSA) is 186 Å². The smallest absolute Gasteiger partial charge is 0.235 e. The van der Waals surface area contributed by atoms with Crippen molar-refractivity contribution in [2.45, 2.75) is 40.8 Å². The number of aryl methyl sites for hydroxylation is 4. The van der Waals surface area contributed by atoms with Crippen LogP contribution in [-0.4, -0.2) is 54.6 Å². The number of ether oxygens (including phenoxy) is 2. The quantitative estimate of drug-likeness (QED) is 0.142. The molecule has 4 aromatic heterocycles. The fourth-order valence-corrected chi connectivity index (χ4v) is 5.70. The zero-order chi connectivity index (χ0) is 38.9. The Morgan fingerprint density at radius 3 is 1.64 bits per heavy atom. The molecule has 4 aromatic carbocycles. The van der Waals surface area contributed by atoms with Gasteiger partial charge in [0.15, 0.2) is 11.6 Å². The van der Waals surface area contributed by atoms with Crippen LogP contribution in [0.2, 0.25) is 5.15 Å². The van der Waals surface area contributed by atoms with Crippen molar-refractivity contribution in [3.63, 3.8) is 0 Å². The molecule has 0 aliphatic rings. The van der Waals surface area contributed by atoms with Gasteiger partial charge in [0, 0.05) is 24.6 Å². The lowest BCUT2D eigenvalue weighted by molar-refractivity contribution is 0.416. The van der Waals surface area contributed by atoms with E-state index in [0.29, 0.717) is 59.3 Å². The highest BCUT2D eigenvalue weighted by atomic mass is 35.5. The fourth-order valence-electron chi connectivity index (χ4n) is 5.46. The zero-order valence-electron chi connectivity index (χ0n) is 31.2. The minimum atomic E-state index is 0.320. The van der Waals surface area contributed by atoms with Crippen molar-refractivity contribution in [1.29, 1.82) is 0 Å². The average molecular weight is 759 g/mol. The van der Waals surface area contributed by atoms with E-state index in [1.807, 2.05) is 98.8 Å². The maximum atomic E-state index is 6.27. The lowest BCUT2D eigenvalue weighted by atomic mass is 10.1. The first kappa shape index (κ1) is 38.2. The van der Waals surface area contributed by atoms with Crippen molar-refractivity contribution in [3.8, 4) is 34.3 Å². The fraction of sp³-hybridized carbons (Fsp3) is 0.200. The minimum Gasteiger partial charge on any atom is -0.496 e. The zero-order valence-corrected chi connectivity index (χ0v) is 31.9. The number of nitrogens with zero attached hydrogens (tertiary/aromatic N) is 8. The van der Waals surface area contributed by atoms with Gasteiger partial charge in [0.25, 0.3) is 0 Å². The third-order valence-corrected chi connectivity index (χ3v) is 8.36. The number of anilines is 1. The molecule has 0 aliphatic heterocycles. The standard InChI is InChI=1S/C20H19N5O2.C16H13ClN2O.C4H7N3O/c1-12-8-9-14-16(10-12)22-20(15-6-4-5-7-17(15)26-3)23-19(14)21-11-18-25-24-13(2)27-18;1-10-7-8-11-13(9-10)18-16(19-15(11)17)12-5-3-4-6-14(12)20-2;1-3-6-7-4(2-5)8-3/h4-10H,11H2,1-3H3,(H,21,22,23);3-9H,1-2H3;2,5H2,1H3. The monoisotopic (exact) mass is 758 g/mol. The van der Waals surface area contributed by atoms with Crippen molar-refractivity contribution >= 4 is 39.2 Å². The summed E-state index contributed by atoms with van der Waals surface area (Å²) < 4.78 is 21.2. The van der Waals surface area contributed by atoms with Crippen LogP contribution in [-0.2, 0) is 13.1 Å². The van der Waals surface area contributed by atoms with Crippen molar-refractivity contribution < 1.29 is 18.3 Å². The predicted octanol–water partition coefficient (Wildman–Crippen LogP) is 8.02. The Balaban J connectivity index is 0.000000160. The highest BCUT2D eigenvalue weighted by Crippen LogP contribution is 2.32. The summed E-state index contributed by atoms with van der Waals surface area (Å²) in [5, 5.41) is 20.6. The first-order valence-corrected chi connectivity index (χ1v) is 17.5. The number of rotatable bonds is 8. The third-order valence-electron chi connectivity index (χ3n) is 8.07. The molecule has 0 bridgehead atoms. The van der Waals surface area contributed by atoms with E-state index >= 15 is 0 Å². The van der Waals surface area contributed by atoms with Crippen molar-refractivity contribution in [1.82, 2.24) is 40.3 Å².